The first-order valence-electron chi connectivity index (χ1n) is 8.69. The minimum Gasteiger partial charge on any atom is -0.326 e. The number of rotatable bonds is 7. The maximum absolute atomic E-state index is 12.4. The first-order valence-corrected chi connectivity index (χ1v) is 10.4. The molecule has 152 valence electrons. The van der Waals surface area contributed by atoms with Crippen LogP contribution in [0.1, 0.15) is 22.7 Å². The Morgan fingerprint density at radius 3 is 2.76 bits per heavy atom. The van der Waals surface area contributed by atoms with Crippen LogP contribution < -0.4 is 10.9 Å². The second-order valence-corrected chi connectivity index (χ2v) is 8.24. The van der Waals surface area contributed by atoms with Gasteiger partial charge in [0.05, 0.1) is 10.7 Å². The summed E-state index contributed by atoms with van der Waals surface area (Å²) in [4.78, 5) is 35.2. The van der Waals surface area contributed by atoms with Crippen molar-refractivity contribution in [1.29, 1.82) is 0 Å². The molecule has 0 fully saturated rings. The number of thiazole rings is 1. The van der Waals surface area contributed by atoms with Crippen molar-refractivity contribution in [2.75, 3.05) is 5.32 Å². The Labute approximate surface area is 173 Å². The van der Waals surface area contributed by atoms with Gasteiger partial charge >= 0.3 is 0 Å². The average Bonchev–Trinajstić information content (AvgIpc) is 3.07. The van der Waals surface area contributed by atoms with E-state index < -0.39 is 11.3 Å². The summed E-state index contributed by atoms with van der Waals surface area (Å²) in [6.07, 6.45) is 0.220. The van der Waals surface area contributed by atoms with Crippen molar-refractivity contribution in [1.82, 2.24) is 15.0 Å². The molecule has 0 bridgehead atoms. The van der Waals surface area contributed by atoms with Crippen LogP contribution in [0.25, 0.3) is 11.3 Å². The Morgan fingerprint density at radius 1 is 1.31 bits per heavy atom. The van der Waals surface area contributed by atoms with E-state index in [0.29, 0.717) is 16.9 Å². The molecule has 6 nitrogen and oxygen atoms in total. The number of nitrogens with zero attached hydrogens (tertiary/aromatic N) is 2. The minimum absolute atomic E-state index is 0.0625. The number of hydrogen-bond donors (Lipinski definition) is 2. The average molecular weight is 437 g/mol. The maximum Gasteiger partial charge on any atom is 0.291 e. The summed E-state index contributed by atoms with van der Waals surface area (Å²) in [6.45, 7) is 3.49. The first-order chi connectivity index (χ1) is 13.8. The summed E-state index contributed by atoms with van der Waals surface area (Å²) in [7, 11) is 0. The van der Waals surface area contributed by atoms with Crippen LogP contribution in [0.2, 0.25) is 0 Å². The lowest BCUT2D eigenvalue weighted by Crippen LogP contribution is -2.20. The molecule has 0 aliphatic rings. The number of thioether (sulfide) groups is 1. The highest BCUT2D eigenvalue weighted by molar-refractivity contribution is 7.99. The van der Waals surface area contributed by atoms with Crippen LogP contribution in [0.15, 0.2) is 39.6 Å². The fourth-order valence-electron chi connectivity index (χ4n) is 2.73. The molecule has 2 heterocycles. The van der Waals surface area contributed by atoms with E-state index in [1.165, 1.54) is 0 Å². The first kappa shape index (κ1) is 21.1. The van der Waals surface area contributed by atoms with E-state index in [4.69, 9.17) is 0 Å². The highest BCUT2D eigenvalue weighted by atomic mass is 32.2. The number of hydrogen-bond acceptors (Lipinski definition) is 6. The molecule has 0 spiro atoms. The quantitative estimate of drug-likeness (QED) is 0.424. The second kappa shape index (κ2) is 9.27. The minimum atomic E-state index is -2.67. The fraction of sp³-hybridized carbons (Fsp3) is 0.263. The standard InChI is InChI=1S/C19H18F2N4O2S2/c1-10-14(17(27)25-19(22-10)29-18(20)21)6-7-16(26)24-13-5-3-4-12(8-13)15-9-28-11(2)23-15/h3-5,8-9,18H,6-7H2,1-2H3,(H,24,26)(H,22,25,27). The number of amides is 1. The van der Waals surface area contributed by atoms with Gasteiger partial charge in [0.25, 0.3) is 11.3 Å². The molecule has 0 unspecified atom stereocenters. The van der Waals surface area contributed by atoms with Gasteiger partial charge in [0.1, 0.15) is 0 Å². The molecule has 0 aliphatic heterocycles. The molecular formula is C19H18F2N4O2S2. The topological polar surface area (TPSA) is 87.7 Å². The van der Waals surface area contributed by atoms with Crippen molar-refractivity contribution in [3.05, 3.63) is 56.3 Å². The van der Waals surface area contributed by atoms with Gasteiger partial charge in [-0.3, -0.25) is 9.59 Å². The van der Waals surface area contributed by atoms with E-state index in [-0.39, 0.29) is 35.7 Å². The molecule has 3 aromatic rings. The normalized spacial score (nSPS) is 11.1. The molecule has 29 heavy (non-hydrogen) atoms. The maximum atomic E-state index is 12.4. The molecular weight excluding hydrogens is 418 g/mol. The highest BCUT2D eigenvalue weighted by Crippen LogP contribution is 2.24. The van der Waals surface area contributed by atoms with Gasteiger partial charge in [-0.25, -0.2) is 9.97 Å². The predicted molar refractivity (Wildman–Crippen MR) is 111 cm³/mol. The van der Waals surface area contributed by atoms with Gasteiger partial charge in [0.15, 0.2) is 5.16 Å². The van der Waals surface area contributed by atoms with Gasteiger partial charge in [-0.15, -0.1) is 11.3 Å². The third kappa shape index (κ3) is 5.70. The zero-order valence-electron chi connectivity index (χ0n) is 15.7. The number of aryl methyl sites for hydroxylation is 2. The number of aromatic nitrogens is 3. The van der Waals surface area contributed by atoms with Gasteiger partial charge in [0.2, 0.25) is 5.91 Å². The molecule has 2 N–H and O–H groups in total. The largest absolute Gasteiger partial charge is 0.326 e. The van der Waals surface area contributed by atoms with Crippen LogP contribution in [0, 0.1) is 13.8 Å². The van der Waals surface area contributed by atoms with Crippen LogP contribution in [-0.4, -0.2) is 26.6 Å². The lowest BCUT2D eigenvalue weighted by Gasteiger charge is -2.08. The molecule has 10 heteroatoms. The summed E-state index contributed by atoms with van der Waals surface area (Å²) >= 11 is 1.73. The second-order valence-electron chi connectivity index (χ2n) is 6.19. The lowest BCUT2D eigenvalue weighted by atomic mass is 10.1. The smallest absolute Gasteiger partial charge is 0.291 e. The van der Waals surface area contributed by atoms with E-state index in [1.807, 2.05) is 30.5 Å². The van der Waals surface area contributed by atoms with Crippen LogP contribution in [0.5, 0.6) is 0 Å². The molecule has 2 aromatic heterocycles. The van der Waals surface area contributed by atoms with Crippen LogP contribution in [0.3, 0.4) is 0 Å². The Bertz CT molecular complexity index is 1080. The molecule has 0 aliphatic carbocycles. The SMILES string of the molecule is Cc1nc(-c2cccc(NC(=O)CCc3c(C)nc(SC(F)F)[nH]c3=O)c2)cs1. The highest BCUT2D eigenvalue weighted by Gasteiger charge is 2.14. The molecule has 1 amide bonds. The van der Waals surface area contributed by atoms with Crippen molar-refractivity contribution in [2.24, 2.45) is 0 Å². The summed E-state index contributed by atoms with van der Waals surface area (Å²) in [6, 6.07) is 7.36. The summed E-state index contributed by atoms with van der Waals surface area (Å²) < 4.78 is 24.9. The van der Waals surface area contributed by atoms with Crippen molar-refractivity contribution >= 4 is 34.7 Å². The van der Waals surface area contributed by atoms with E-state index in [2.05, 4.69) is 20.3 Å². The van der Waals surface area contributed by atoms with Gasteiger partial charge in [-0.2, -0.15) is 8.78 Å². The number of carbonyl (C=O) groups is 1. The molecule has 0 saturated heterocycles. The Balaban J connectivity index is 1.64. The van der Waals surface area contributed by atoms with E-state index in [1.54, 1.807) is 24.3 Å². The number of H-pyrrole nitrogens is 1. The van der Waals surface area contributed by atoms with Crippen molar-refractivity contribution < 1.29 is 13.6 Å². The summed E-state index contributed by atoms with van der Waals surface area (Å²) in [5.41, 5.74) is 2.52. The zero-order chi connectivity index (χ0) is 21.0. The monoisotopic (exact) mass is 436 g/mol. The fourth-order valence-corrected chi connectivity index (χ4v) is 3.87. The predicted octanol–water partition coefficient (Wildman–Crippen LogP) is 4.40. The molecule has 0 saturated carbocycles. The molecule has 1 aromatic carbocycles. The van der Waals surface area contributed by atoms with E-state index in [9.17, 15) is 18.4 Å². The van der Waals surface area contributed by atoms with E-state index in [0.717, 1.165) is 16.3 Å². The van der Waals surface area contributed by atoms with Gasteiger partial charge in [-0.05, 0) is 44.2 Å². The van der Waals surface area contributed by atoms with Crippen LogP contribution in [0.4, 0.5) is 14.5 Å². The van der Waals surface area contributed by atoms with Crippen molar-refractivity contribution in [2.45, 2.75) is 37.6 Å². The Kier molecular flexibility index (Phi) is 6.75. The summed E-state index contributed by atoms with van der Waals surface area (Å²) in [5.74, 6) is -2.93. The number of benzene rings is 1. The molecule has 0 atom stereocenters. The third-order valence-corrected chi connectivity index (χ3v) is 5.43. The van der Waals surface area contributed by atoms with Gasteiger partial charge in [-0.1, -0.05) is 12.1 Å². The number of carbonyl (C=O) groups excluding carboxylic acids is 1. The Morgan fingerprint density at radius 2 is 2.10 bits per heavy atom. The number of halogens is 2. The molecule has 3 rings (SSSR count). The summed E-state index contributed by atoms with van der Waals surface area (Å²) in [5, 5.41) is 5.58. The van der Waals surface area contributed by atoms with Gasteiger partial charge < -0.3 is 10.3 Å². The van der Waals surface area contributed by atoms with Crippen molar-refractivity contribution in [3.63, 3.8) is 0 Å². The van der Waals surface area contributed by atoms with Crippen LogP contribution in [-0.2, 0) is 11.2 Å². The Hall–Kier alpha value is -2.59. The number of alkyl halides is 2. The lowest BCUT2D eigenvalue weighted by molar-refractivity contribution is -0.116. The zero-order valence-corrected chi connectivity index (χ0v) is 17.3. The van der Waals surface area contributed by atoms with Gasteiger partial charge in [0, 0.05) is 34.3 Å². The van der Waals surface area contributed by atoms with Crippen LogP contribution >= 0.6 is 23.1 Å². The number of aromatic amines is 1. The number of anilines is 1. The number of nitrogens with one attached hydrogen (secondary N) is 2. The molecule has 0 radical (unpaired) electrons. The van der Waals surface area contributed by atoms with Crippen molar-refractivity contribution in [3.8, 4) is 11.3 Å². The third-order valence-electron chi connectivity index (χ3n) is 4.06. The van der Waals surface area contributed by atoms with E-state index >= 15 is 0 Å².